The van der Waals surface area contributed by atoms with Crippen molar-refractivity contribution < 1.29 is 46.1 Å². The normalized spacial score (nSPS) is 14.5. The Morgan fingerprint density at radius 2 is 1.27 bits per heavy atom. The van der Waals surface area contributed by atoms with Gasteiger partial charge in [0.2, 0.25) is 0 Å². The van der Waals surface area contributed by atoms with Gasteiger partial charge in [-0.05, 0) is 0 Å². The maximum absolute atomic E-state index is 2.67. The molecule has 1 saturated carbocycles. The Bertz CT molecular complexity index is 1590. The summed E-state index contributed by atoms with van der Waals surface area (Å²) in [6, 6.07) is 34.5. The van der Waals surface area contributed by atoms with Crippen LogP contribution in [0.5, 0.6) is 0 Å². The Labute approximate surface area is 259 Å². The van der Waals surface area contributed by atoms with Crippen LogP contribution in [0.2, 0.25) is 0 Å². The second-order valence-electron chi connectivity index (χ2n) is 11.2. The van der Waals surface area contributed by atoms with Gasteiger partial charge in [-0.1, -0.05) is 0 Å². The summed E-state index contributed by atoms with van der Waals surface area (Å²) in [4.78, 5) is 0. The standard InChI is InChI=1S/C27H21.C5H8.C5H5.2ClH.Zr/c1-3-7-20(8-4-1)15-22-11-13-24-19-25-14-12-23(18-27(25)26(24)17-22)16-21-9-5-2-6-10-21;2*1-2-4-5-3-1;;;/h1-13,17-18H,15-16,19H2;1-4H2;1-3H,4H2;2*1H;/q;;;;;+2/p-2. The Kier molecular flexibility index (Phi) is 9.58. The second kappa shape index (κ2) is 13.1. The van der Waals surface area contributed by atoms with Crippen LogP contribution in [-0.4, -0.2) is 3.21 Å². The van der Waals surface area contributed by atoms with E-state index in [1.165, 1.54) is 71.0 Å². The van der Waals surface area contributed by atoms with Crippen LogP contribution >= 0.6 is 0 Å². The van der Waals surface area contributed by atoms with Crippen molar-refractivity contribution in [3.8, 4) is 11.1 Å². The number of hydrogen-bond donors (Lipinski definition) is 0. The average molecular weight is 641 g/mol. The smallest absolute Gasteiger partial charge is 1.00 e. The molecule has 0 N–H and O–H groups in total. The molecular weight excluding hydrogens is 607 g/mol. The van der Waals surface area contributed by atoms with Gasteiger partial charge in [-0.2, -0.15) is 0 Å². The van der Waals surface area contributed by atoms with Gasteiger partial charge in [-0.25, -0.2) is 0 Å². The molecule has 0 heterocycles. The van der Waals surface area contributed by atoms with Gasteiger partial charge in [0.15, 0.2) is 0 Å². The van der Waals surface area contributed by atoms with Gasteiger partial charge in [0.05, 0.1) is 0 Å². The largest absolute Gasteiger partial charge is 1.00 e. The fourth-order valence-corrected chi connectivity index (χ4v) is 15.3. The van der Waals surface area contributed by atoms with Crippen molar-refractivity contribution in [3.05, 3.63) is 146 Å². The molecule has 0 aliphatic heterocycles. The van der Waals surface area contributed by atoms with E-state index in [0.717, 1.165) is 19.3 Å². The van der Waals surface area contributed by atoms with E-state index in [2.05, 4.69) is 109 Å². The number of benzene rings is 4. The van der Waals surface area contributed by atoms with Gasteiger partial charge >= 0.3 is 236 Å². The van der Waals surface area contributed by atoms with Crippen LogP contribution in [0, 0.1) is 0 Å². The predicted octanol–water partition coefficient (Wildman–Crippen LogP) is 2.28. The van der Waals surface area contributed by atoms with E-state index in [0.29, 0.717) is 0 Å². The van der Waals surface area contributed by atoms with Crippen molar-refractivity contribution in [2.45, 2.75) is 51.4 Å². The quantitative estimate of drug-likeness (QED) is 0.268. The third kappa shape index (κ3) is 5.99. The summed E-state index contributed by atoms with van der Waals surface area (Å²) in [6.45, 7) is 0. The molecule has 0 nitrogen and oxygen atoms in total. The Balaban J connectivity index is 0.00000161. The van der Waals surface area contributed by atoms with Crippen molar-refractivity contribution in [1.29, 1.82) is 0 Å². The molecule has 3 aliphatic rings. The van der Waals surface area contributed by atoms with E-state index in [-0.39, 0.29) is 24.8 Å². The molecule has 40 heavy (non-hydrogen) atoms. The van der Waals surface area contributed by atoms with Crippen molar-refractivity contribution >= 4 is 6.48 Å². The zero-order valence-corrected chi connectivity index (χ0v) is 26.8. The molecule has 0 aromatic heterocycles. The van der Waals surface area contributed by atoms with E-state index in [9.17, 15) is 0 Å². The summed E-state index contributed by atoms with van der Waals surface area (Å²) >= 11 is -2.12. The van der Waals surface area contributed by atoms with Crippen LogP contribution in [0.1, 0.15) is 65.5 Å². The van der Waals surface area contributed by atoms with E-state index < -0.39 is 21.3 Å². The molecule has 3 aliphatic carbocycles. The minimum atomic E-state index is -2.12. The summed E-state index contributed by atoms with van der Waals surface area (Å²) in [7, 11) is 0. The first kappa shape index (κ1) is 29.2. The van der Waals surface area contributed by atoms with Crippen molar-refractivity contribution in [2.24, 2.45) is 0 Å². The molecule has 0 atom stereocenters. The van der Waals surface area contributed by atoms with Crippen molar-refractivity contribution in [3.63, 3.8) is 0 Å². The van der Waals surface area contributed by atoms with Crippen LogP contribution in [-0.2, 0) is 40.5 Å². The molecule has 4 aromatic carbocycles. The van der Waals surface area contributed by atoms with Gasteiger partial charge in [0.1, 0.15) is 0 Å². The van der Waals surface area contributed by atoms with E-state index >= 15 is 0 Å². The maximum atomic E-state index is 2.67. The number of fused-ring (bicyclic) bond motifs is 3. The van der Waals surface area contributed by atoms with E-state index in [1.807, 2.05) is 3.21 Å². The van der Waals surface area contributed by atoms with Gasteiger partial charge in [0.25, 0.3) is 0 Å². The first-order valence-corrected chi connectivity index (χ1v) is 17.9. The number of hydrogen-bond acceptors (Lipinski definition) is 0. The summed E-state index contributed by atoms with van der Waals surface area (Å²) in [5.74, 6) is 0. The van der Waals surface area contributed by atoms with E-state index in [4.69, 9.17) is 0 Å². The van der Waals surface area contributed by atoms with Gasteiger partial charge < -0.3 is 24.8 Å². The molecule has 0 radical (unpaired) electrons. The van der Waals surface area contributed by atoms with Gasteiger partial charge in [-0.3, -0.25) is 0 Å². The average Bonchev–Trinajstić information content (AvgIpc) is 3.73. The molecule has 1 fully saturated rings. The van der Waals surface area contributed by atoms with Crippen molar-refractivity contribution in [2.75, 3.05) is 0 Å². The summed E-state index contributed by atoms with van der Waals surface area (Å²) in [6.07, 6.45) is 17.1. The Hall–Kier alpha value is -2.31. The fourth-order valence-electron chi connectivity index (χ4n) is 6.75. The van der Waals surface area contributed by atoms with Crippen molar-refractivity contribution in [1.82, 2.24) is 0 Å². The predicted molar refractivity (Wildman–Crippen MR) is 158 cm³/mol. The van der Waals surface area contributed by atoms with Crippen LogP contribution < -0.4 is 28.1 Å². The molecule has 0 amide bonds. The first-order valence-electron chi connectivity index (χ1n) is 14.3. The molecule has 0 saturated heterocycles. The summed E-state index contributed by atoms with van der Waals surface area (Å²) in [5, 5.41) is 0. The third-order valence-corrected chi connectivity index (χ3v) is 16.4. The monoisotopic (exact) mass is 638 g/mol. The molecule has 4 aromatic rings. The molecule has 3 heteroatoms. The zero-order valence-electron chi connectivity index (χ0n) is 22.8. The zero-order chi connectivity index (χ0) is 25.3. The van der Waals surface area contributed by atoms with Crippen LogP contribution in [0.4, 0.5) is 0 Å². The molecule has 0 spiro atoms. The first-order chi connectivity index (χ1) is 18.8. The fraction of sp³-hybridized carbons (Fsp3) is 0.216. The molecule has 7 rings (SSSR count). The summed E-state index contributed by atoms with van der Waals surface area (Å²) < 4.78 is 5.54. The van der Waals surface area contributed by atoms with Gasteiger partial charge in [-0.15, -0.1) is 0 Å². The Morgan fingerprint density at radius 3 is 1.93 bits per heavy atom. The number of rotatable bonds is 6. The maximum Gasteiger partial charge on any atom is -1.00 e. The van der Waals surface area contributed by atoms with Crippen LogP contribution in [0.15, 0.2) is 113 Å². The number of allylic oxidation sites excluding steroid dienone is 4. The number of halogens is 2. The minimum Gasteiger partial charge on any atom is -1.00 e. The van der Waals surface area contributed by atoms with E-state index in [1.54, 1.807) is 12.1 Å². The molecule has 0 unspecified atom stereocenters. The van der Waals surface area contributed by atoms with Gasteiger partial charge in [0, 0.05) is 0 Å². The van der Waals surface area contributed by atoms with Crippen LogP contribution in [0.25, 0.3) is 11.1 Å². The second-order valence-corrected chi connectivity index (χ2v) is 17.7. The molecular formula is C37H34Cl2Zr. The topological polar surface area (TPSA) is 0 Å². The summed E-state index contributed by atoms with van der Waals surface area (Å²) in [5.41, 5.74) is 11.9. The van der Waals surface area contributed by atoms with Crippen LogP contribution in [0.3, 0.4) is 0 Å². The minimum absolute atomic E-state index is 0. The SMILES string of the molecule is C1=CC[C]([Zr+2](=[C]2CCCC2)[c]2cc(Cc3ccccc3)cc3c2Cc2ccc(Cc4ccccc4)cc2-3)=C1.[Cl-].[Cl-]. The third-order valence-electron chi connectivity index (χ3n) is 8.57. The molecule has 0 bridgehead atoms. The molecule has 200 valence electrons. The Morgan fingerprint density at radius 1 is 0.625 bits per heavy atom.